The molecule has 2 N–H and O–H groups in total. The summed E-state index contributed by atoms with van der Waals surface area (Å²) >= 11 is 0.488. The van der Waals surface area contributed by atoms with Gasteiger partial charge in [0.25, 0.3) is 0 Å². The van der Waals surface area contributed by atoms with Gasteiger partial charge in [-0.25, -0.2) is 19.4 Å². The van der Waals surface area contributed by atoms with Gasteiger partial charge in [-0.3, -0.25) is 10.0 Å². The standard InChI is InChI=1S/C12H15N3O6S/c1-4-21-12(18)22-15-11(17)14-9-8(19-2)5-7(6-13-9)10(16)20-3/h5-6H,4H2,1-3H3,(H2,13,14,15,17). The number of amides is 2. The Bertz CT molecular complexity index is 566. The molecule has 0 aliphatic carbocycles. The maximum Gasteiger partial charge on any atom is 0.388 e. The van der Waals surface area contributed by atoms with Gasteiger partial charge in [0, 0.05) is 12.3 Å². The van der Waals surface area contributed by atoms with Crippen molar-refractivity contribution in [1.82, 2.24) is 9.71 Å². The van der Waals surface area contributed by atoms with Crippen LogP contribution in [0.3, 0.4) is 0 Å². The number of nitrogens with one attached hydrogen (secondary N) is 2. The molecule has 1 rings (SSSR count). The first-order valence-electron chi connectivity index (χ1n) is 6.04. The first kappa shape index (κ1) is 17.6. The largest absolute Gasteiger partial charge is 0.493 e. The van der Waals surface area contributed by atoms with Crippen LogP contribution in [0, 0.1) is 0 Å². The molecule has 1 heterocycles. The highest BCUT2D eigenvalue weighted by Crippen LogP contribution is 2.23. The van der Waals surface area contributed by atoms with Crippen molar-refractivity contribution < 1.29 is 28.6 Å². The molecule has 0 saturated heterocycles. The summed E-state index contributed by atoms with van der Waals surface area (Å²) in [7, 11) is 2.59. The molecule has 0 aliphatic heterocycles. The van der Waals surface area contributed by atoms with Crippen molar-refractivity contribution in [3.63, 3.8) is 0 Å². The summed E-state index contributed by atoms with van der Waals surface area (Å²) in [5.41, 5.74) is 0.172. The van der Waals surface area contributed by atoms with Gasteiger partial charge in [0.2, 0.25) is 0 Å². The molecule has 120 valence electrons. The molecule has 0 atom stereocenters. The van der Waals surface area contributed by atoms with Gasteiger partial charge < -0.3 is 14.2 Å². The molecule has 0 radical (unpaired) electrons. The van der Waals surface area contributed by atoms with E-state index in [0.29, 0.717) is 11.9 Å². The molecule has 1 aromatic rings. The average molecular weight is 329 g/mol. The van der Waals surface area contributed by atoms with E-state index in [9.17, 15) is 14.4 Å². The number of nitrogens with zero attached hydrogens (tertiary/aromatic N) is 1. The first-order chi connectivity index (χ1) is 10.5. The Morgan fingerprint density at radius 3 is 2.64 bits per heavy atom. The number of pyridine rings is 1. The summed E-state index contributed by atoms with van der Waals surface area (Å²) in [5, 5.41) is 1.74. The average Bonchev–Trinajstić information content (AvgIpc) is 2.52. The molecule has 0 unspecified atom stereocenters. The van der Waals surface area contributed by atoms with Gasteiger partial charge in [0.15, 0.2) is 11.6 Å². The first-order valence-corrected chi connectivity index (χ1v) is 6.86. The summed E-state index contributed by atoms with van der Waals surface area (Å²) in [6.45, 7) is 1.86. The van der Waals surface area contributed by atoms with E-state index < -0.39 is 17.3 Å². The highest BCUT2D eigenvalue weighted by Gasteiger charge is 2.14. The molecule has 0 fully saturated rings. The van der Waals surface area contributed by atoms with E-state index in [4.69, 9.17) is 4.74 Å². The van der Waals surface area contributed by atoms with Crippen LogP contribution in [0.2, 0.25) is 0 Å². The van der Waals surface area contributed by atoms with Crippen LogP contribution in [0.1, 0.15) is 17.3 Å². The number of methoxy groups -OCH3 is 2. The summed E-state index contributed by atoms with van der Waals surface area (Å²) in [6, 6.07) is 0.669. The van der Waals surface area contributed by atoms with E-state index in [1.165, 1.54) is 26.5 Å². The second kappa shape index (κ2) is 8.72. The van der Waals surface area contributed by atoms with Crippen LogP contribution in [-0.2, 0) is 9.47 Å². The smallest absolute Gasteiger partial charge is 0.388 e. The summed E-state index contributed by atoms with van der Waals surface area (Å²) < 4.78 is 16.4. The number of carbonyl (C=O) groups is 3. The number of hydrogen-bond donors (Lipinski definition) is 2. The third-order valence-corrected chi connectivity index (χ3v) is 2.79. The Labute approximate surface area is 130 Å². The molecule has 0 bridgehead atoms. The lowest BCUT2D eigenvalue weighted by molar-refractivity contribution is 0.0600. The number of rotatable bonds is 4. The van der Waals surface area contributed by atoms with Crippen molar-refractivity contribution in [2.75, 3.05) is 26.1 Å². The van der Waals surface area contributed by atoms with Gasteiger partial charge in [-0.15, -0.1) is 0 Å². The number of ether oxygens (including phenoxy) is 3. The fourth-order valence-corrected chi connectivity index (χ4v) is 1.70. The fraction of sp³-hybridized carbons (Fsp3) is 0.333. The van der Waals surface area contributed by atoms with Gasteiger partial charge in [-0.2, -0.15) is 0 Å². The SMILES string of the molecule is CCOC(=O)SNC(=O)Nc1ncc(C(=O)OC)cc1OC. The molecule has 0 saturated carbocycles. The van der Waals surface area contributed by atoms with E-state index in [-0.39, 0.29) is 23.7 Å². The number of aromatic nitrogens is 1. The topological polar surface area (TPSA) is 116 Å². The van der Waals surface area contributed by atoms with Crippen molar-refractivity contribution >= 4 is 35.1 Å². The zero-order valence-corrected chi connectivity index (χ0v) is 13.0. The molecule has 1 aromatic heterocycles. The second-order valence-electron chi connectivity index (χ2n) is 3.61. The van der Waals surface area contributed by atoms with Crippen LogP contribution in [-0.4, -0.2) is 43.1 Å². The predicted octanol–water partition coefficient (Wildman–Crippen LogP) is 1.80. The third-order valence-electron chi connectivity index (χ3n) is 2.21. The molecule has 2 amide bonds. The van der Waals surface area contributed by atoms with Crippen molar-refractivity contribution in [1.29, 1.82) is 0 Å². The van der Waals surface area contributed by atoms with Gasteiger partial charge in [0.05, 0.1) is 38.3 Å². The fourth-order valence-electron chi connectivity index (χ4n) is 1.29. The molecule has 0 spiro atoms. The van der Waals surface area contributed by atoms with E-state index in [0.717, 1.165) is 0 Å². The van der Waals surface area contributed by atoms with Crippen LogP contribution < -0.4 is 14.8 Å². The molecule has 0 aliphatic rings. The summed E-state index contributed by atoms with van der Waals surface area (Å²) in [6.07, 6.45) is 1.22. The molecule has 10 heteroatoms. The van der Waals surface area contributed by atoms with Crippen LogP contribution >= 0.6 is 11.9 Å². The zero-order chi connectivity index (χ0) is 16.5. The number of urea groups is 1. The van der Waals surface area contributed by atoms with E-state index in [1.54, 1.807) is 6.92 Å². The highest BCUT2D eigenvalue weighted by atomic mass is 32.2. The van der Waals surface area contributed by atoms with Crippen LogP contribution in [0.25, 0.3) is 0 Å². The minimum Gasteiger partial charge on any atom is -0.493 e. The molecule has 9 nitrogen and oxygen atoms in total. The van der Waals surface area contributed by atoms with E-state index in [1.807, 2.05) is 0 Å². The van der Waals surface area contributed by atoms with Crippen molar-refractivity contribution in [3.8, 4) is 5.75 Å². The lowest BCUT2D eigenvalue weighted by atomic mass is 10.2. The summed E-state index contributed by atoms with van der Waals surface area (Å²) in [5.74, 6) is -0.337. The summed E-state index contributed by atoms with van der Waals surface area (Å²) in [4.78, 5) is 38.0. The minimum absolute atomic E-state index is 0.0807. The normalized spacial score (nSPS) is 9.59. The molecule has 22 heavy (non-hydrogen) atoms. The Balaban J connectivity index is 2.70. The minimum atomic E-state index is -0.699. The maximum absolute atomic E-state index is 11.6. The van der Waals surface area contributed by atoms with E-state index >= 15 is 0 Å². The number of hydrogen-bond acceptors (Lipinski definition) is 8. The Kier molecular flexibility index (Phi) is 6.96. The Hall–Kier alpha value is -2.49. The van der Waals surface area contributed by atoms with Crippen molar-refractivity contribution in [2.24, 2.45) is 0 Å². The molecular weight excluding hydrogens is 314 g/mol. The molecule has 0 aromatic carbocycles. The predicted molar refractivity (Wildman–Crippen MR) is 78.9 cm³/mol. The third kappa shape index (κ3) is 5.13. The molecular formula is C12H15N3O6S. The maximum atomic E-state index is 11.6. The zero-order valence-electron chi connectivity index (χ0n) is 12.2. The number of carbonyl (C=O) groups excluding carboxylic acids is 3. The van der Waals surface area contributed by atoms with Crippen LogP contribution in [0.4, 0.5) is 15.4 Å². The Morgan fingerprint density at radius 1 is 1.32 bits per heavy atom. The van der Waals surface area contributed by atoms with Crippen molar-refractivity contribution in [3.05, 3.63) is 17.8 Å². The lowest BCUT2D eigenvalue weighted by Gasteiger charge is -2.10. The highest BCUT2D eigenvalue weighted by molar-refractivity contribution is 8.12. The second-order valence-corrected chi connectivity index (χ2v) is 4.35. The van der Waals surface area contributed by atoms with Crippen LogP contribution in [0.15, 0.2) is 12.3 Å². The quantitative estimate of drug-likeness (QED) is 0.634. The number of esters is 1. The lowest BCUT2D eigenvalue weighted by Crippen LogP contribution is -2.25. The van der Waals surface area contributed by atoms with Gasteiger partial charge in [0.1, 0.15) is 0 Å². The van der Waals surface area contributed by atoms with Crippen molar-refractivity contribution in [2.45, 2.75) is 6.92 Å². The van der Waals surface area contributed by atoms with Gasteiger partial charge in [-0.1, -0.05) is 0 Å². The monoisotopic (exact) mass is 329 g/mol. The van der Waals surface area contributed by atoms with Crippen LogP contribution in [0.5, 0.6) is 5.75 Å². The van der Waals surface area contributed by atoms with E-state index in [2.05, 4.69) is 24.5 Å². The van der Waals surface area contributed by atoms with Gasteiger partial charge in [-0.05, 0) is 6.92 Å². The van der Waals surface area contributed by atoms with Gasteiger partial charge >= 0.3 is 17.3 Å². The Morgan fingerprint density at radius 2 is 2.05 bits per heavy atom. The number of anilines is 1.